The van der Waals surface area contributed by atoms with Gasteiger partial charge in [0.2, 0.25) is 0 Å². The van der Waals surface area contributed by atoms with Crippen LogP contribution in [-0.4, -0.2) is 18.8 Å². The van der Waals surface area contributed by atoms with Crippen LogP contribution in [0.2, 0.25) is 0 Å². The highest BCUT2D eigenvalue weighted by molar-refractivity contribution is 5.53. The summed E-state index contributed by atoms with van der Waals surface area (Å²) in [6.07, 6.45) is -0.773. The molecular weight excluding hydrogens is 412 g/mol. The molecule has 1 aliphatic heterocycles. The lowest BCUT2D eigenvalue weighted by Crippen LogP contribution is -2.50. The van der Waals surface area contributed by atoms with E-state index in [1.807, 2.05) is 38.1 Å². The van der Waals surface area contributed by atoms with Gasteiger partial charge in [-0.2, -0.15) is 0 Å². The number of ether oxygens (including phenoxy) is 3. The van der Waals surface area contributed by atoms with Gasteiger partial charge < -0.3 is 19.5 Å². The zero-order chi connectivity index (χ0) is 22.7. The minimum Gasteiger partial charge on any atom is -0.485 e. The molecular formula is C26H27F2NO3. The van der Waals surface area contributed by atoms with E-state index < -0.39 is 11.7 Å². The van der Waals surface area contributed by atoms with Gasteiger partial charge in [-0.15, -0.1) is 0 Å². The van der Waals surface area contributed by atoms with Crippen molar-refractivity contribution in [3.05, 3.63) is 95.1 Å². The standard InChI is InChI=1S/C26H27F2NO3/c1-26(2)25(31-16-18-5-4-6-20(28)13-18)24(30-3)22-14-21(11-12-23(22)32-26)29-15-17-7-9-19(27)10-8-17/h4-14,24-25,29H,15-16H2,1-3H3. The fraction of sp³-hybridized carbons (Fsp3) is 0.308. The maximum atomic E-state index is 13.6. The van der Waals surface area contributed by atoms with Gasteiger partial charge in [0.25, 0.3) is 0 Å². The van der Waals surface area contributed by atoms with E-state index in [2.05, 4.69) is 5.32 Å². The Morgan fingerprint density at radius 1 is 0.938 bits per heavy atom. The van der Waals surface area contributed by atoms with E-state index in [4.69, 9.17) is 14.2 Å². The van der Waals surface area contributed by atoms with E-state index in [0.717, 1.165) is 28.1 Å². The molecule has 4 nitrogen and oxygen atoms in total. The molecule has 2 unspecified atom stereocenters. The molecule has 0 saturated heterocycles. The molecule has 2 atom stereocenters. The molecule has 0 fully saturated rings. The summed E-state index contributed by atoms with van der Waals surface area (Å²) in [6, 6.07) is 18.6. The van der Waals surface area contributed by atoms with Gasteiger partial charge >= 0.3 is 0 Å². The van der Waals surface area contributed by atoms with Gasteiger partial charge in [0.1, 0.15) is 35.2 Å². The Morgan fingerprint density at radius 3 is 2.44 bits per heavy atom. The number of benzene rings is 3. The van der Waals surface area contributed by atoms with E-state index in [9.17, 15) is 8.78 Å². The Kier molecular flexibility index (Phi) is 6.44. The SMILES string of the molecule is COC1c2cc(NCc3ccc(F)cc3)ccc2OC(C)(C)C1OCc1cccc(F)c1. The summed E-state index contributed by atoms with van der Waals surface area (Å²) in [6.45, 7) is 4.72. The van der Waals surface area contributed by atoms with Crippen molar-refractivity contribution >= 4 is 5.69 Å². The van der Waals surface area contributed by atoms with E-state index in [0.29, 0.717) is 6.54 Å². The quantitative estimate of drug-likeness (QED) is 0.489. The predicted octanol–water partition coefficient (Wildman–Crippen LogP) is 6.02. The third kappa shape index (κ3) is 4.92. The first-order chi connectivity index (χ1) is 15.4. The van der Waals surface area contributed by atoms with Crippen molar-refractivity contribution in [3.8, 4) is 5.75 Å². The predicted molar refractivity (Wildman–Crippen MR) is 120 cm³/mol. The smallest absolute Gasteiger partial charge is 0.132 e. The minimum absolute atomic E-state index is 0.243. The summed E-state index contributed by atoms with van der Waals surface area (Å²) in [7, 11) is 1.65. The van der Waals surface area contributed by atoms with Crippen LogP contribution in [0.1, 0.15) is 36.6 Å². The van der Waals surface area contributed by atoms with Crippen LogP contribution in [0, 0.1) is 11.6 Å². The largest absolute Gasteiger partial charge is 0.485 e. The zero-order valence-electron chi connectivity index (χ0n) is 18.4. The molecule has 1 aliphatic rings. The average Bonchev–Trinajstić information content (AvgIpc) is 2.76. The molecule has 168 valence electrons. The van der Waals surface area contributed by atoms with E-state index in [1.165, 1.54) is 24.3 Å². The Morgan fingerprint density at radius 2 is 1.72 bits per heavy atom. The first-order valence-corrected chi connectivity index (χ1v) is 10.6. The molecule has 1 heterocycles. The lowest BCUT2D eigenvalue weighted by molar-refractivity contribution is -0.159. The van der Waals surface area contributed by atoms with Crippen LogP contribution in [0.3, 0.4) is 0 Å². The molecule has 1 N–H and O–H groups in total. The lowest BCUT2D eigenvalue weighted by atomic mass is 9.88. The highest BCUT2D eigenvalue weighted by Crippen LogP contribution is 2.44. The Labute approximate surface area is 187 Å². The second-order valence-corrected chi connectivity index (χ2v) is 8.46. The van der Waals surface area contributed by atoms with E-state index >= 15 is 0 Å². The number of halogens is 2. The fourth-order valence-corrected chi connectivity index (χ4v) is 4.00. The maximum Gasteiger partial charge on any atom is 0.132 e. The number of hydrogen-bond donors (Lipinski definition) is 1. The van der Waals surface area contributed by atoms with Crippen molar-refractivity contribution in [1.29, 1.82) is 0 Å². The molecule has 6 heteroatoms. The molecule has 4 rings (SSSR count). The van der Waals surface area contributed by atoms with Gasteiger partial charge in [-0.25, -0.2) is 8.78 Å². The summed E-state index contributed by atoms with van der Waals surface area (Å²) >= 11 is 0. The third-order valence-electron chi connectivity index (χ3n) is 5.63. The molecule has 0 spiro atoms. The highest BCUT2D eigenvalue weighted by atomic mass is 19.1. The summed E-state index contributed by atoms with van der Waals surface area (Å²) in [4.78, 5) is 0. The Balaban J connectivity index is 1.53. The first kappa shape index (κ1) is 22.2. The zero-order valence-corrected chi connectivity index (χ0v) is 18.4. The van der Waals surface area contributed by atoms with Crippen molar-refractivity contribution in [1.82, 2.24) is 0 Å². The summed E-state index contributed by atoms with van der Waals surface area (Å²) < 4.78 is 45.0. The van der Waals surface area contributed by atoms with Gasteiger partial charge in [-0.3, -0.25) is 0 Å². The van der Waals surface area contributed by atoms with Crippen LogP contribution in [0.25, 0.3) is 0 Å². The Hall–Kier alpha value is -2.96. The van der Waals surface area contributed by atoms with Crippen LogP contribution in [0.4, 0.5) is 14.5 Å². The molecule has 3 aromatic carbocycles. The molecule has 0 aromatic heterocycles. The maximum absolute atomic E-state index is 13.6. The normalized spacial score (nSPS) is 19.2. The highest BCUT2D eigenvalue weighted by Gasteiger charge is 2.45. The number of rotatable bonds is 7. The van der Waals surface area contributed by atoms with E-state index in [1.54, 1.807) is 25.3 Å². The van der Waals surface area contributed by atoms with Crippen molar-refractivity contribution in [2.24, 2.45) is 0 Å². The van der Waals surface area contributed by atoms with Crippen molar-refractivity contribution < 1.29 is 23.0 Å². The molecule has 0 bridgehead atoms. The fourth-order valence-electron chi connectivity index (χ4n) is 4.00. The van der Waals surface area contributed by atoms with Crippen LogP contribution in [-0.2, 0) is 22.6 Å². The number of anilines is 1. The van der Waals surface area contributed by atoms with Gasteiger partial charge in [-0.1, -0.05) is 24.3 Å². The molecule has 0 radical (unpaired) electrons. The van der Waals surface area contributed by atoms with Crippen molar-refractivity contribution in [2.45, 2.75) is 44.8 Å². The van der Waals surface area contributed by atoms with Crippen LogP contribution >= 0.6 is 0 Å². The molecule has 0 aliphatic carbocycles. The number of nitrogens with one attached hydrogen (secondary N) is 1. The van der Waals surface area contributed by atoms with Gasteiger partial charge in [0.05, 0.1) is 6.61 Å². The van der Waals surface area contributed by atoms with Crippen LogP contribution in [0.15, 0.2) is 66.7 Å². The summed E-state index contributed by atoms with van der Waals surface area (Å²) in [5.41, 5.74) is 2.84. The second kappa shape index (κ2) is 9.27. The van der Waals surface area contributed by atoms with Gasteiger partial charge in [0, 0.05) is 24.9 Å². The number of fused-ring (bicyclic) bond motifs is 1. The average molecular weight is 440 g/mol. The molecule has 3 aromatic rings. The van der Waals surface area contributed by atoms with Gasteiger partial charge in [0.15, 0.2) is 0 Å². The summed E-state index contributed by atoms with van der Waals surface area (Å²) in [5.74, 6) is 0.185. The van der Waals surface area contributed by atoms with Crippen molar-refractivity contribution in [2.75, 3.05) is 12.4 Å². The van der Waals surface area contributed by atoms with Crippen LogP contribution in [0.5, 0.6) is 5.75 Å². The number of methoxy groups -OCH3 is 1. The lowest BCUT2D eigenvalue weighted by Gasteiger charge is -2.44. The van der Waals surface area contributed by atoms with Crippen molar-refractivity contribution in [3.63, 3.8) is 0 Å². The third-order valence-corrected chi connectivity index (χ3v) is 5.63. The summed E-state index contributed by atoms with van der Waals surface area (Å²) in [5, 5.41) is 3.36. The topological polar surface area (TPSA) is 39.7 Å². The van der Waals surface area contributed by atoms with Gasteiger partial charge in [-0.05, 0) is 67.4 Å². The molecule has 0 saturated carbocycles. The Bertz CT molecular complexity index is 1070. The minimum atomic E-state index is -0.649. The molecule has 32 heavy (non-hydrogen) atoms. The monoisotopic (exact) mass is 439 g/mol. The van der Waals surface area contributed by atoms with E-state index in [-0.39, 0.29) is 24.3 Å². The second-order valence-electron chi connectivity index (χ2n) is 8.46. The van der Waals surface area contributed by atoms with Crippen LogP contribution < -0.4 is 10.1 Å². The number of hydrogen-bond acceptors (Lipinski definition) is 4. The first-order valence-electron chi connectivity index (χ1n) is 10.6. The molecule has 0 amide bonds.